The van der Waals surface area contributed by atoms with E-state index in [1.807, 2.05) is 30.3 Å². The van der Waals surface area contributed by atoms with Gasteiger partial charge in [0.05, 0.1) is 6.61 Å². The van der Waals surface area contributed by atoms with E-state index >= 15 is 0 Å². The topological polar surface area (TPSA) is 61.8 Å². The van der Waals surface area contributed by atoms with Crippen molar-refractivity contribution < 1.29 is 23.8 Å². The highest BCUT2D eigenvalue weighted by atomic mass is 16.6. The molecule has 1 saturated carbocycles. The maximum Gasteiger partial charge on any atom is 0.324 e. The van der Waals surface area contributed by atoms with Crippen LogP contribution in [0.25, 0.3) is 0 Å². The standard InChI is InChI=1S/C23H34O5/c1-21(2,3)27-19(24)23(20(25)28-22(4,5)6)14-18(15-23)12-13-26-16-17-10-8-7-9-11-17/h7-11,18H,12-16H2,1-6H3. The number of rotatable bonds is 7. The Morgan fingerprint density at radius 3 is 1.89 bits per heavy atom. The molecule has 1 fully saturated rings. The number of hydrogen-bond acceptors (Lipinski definition) is 5. The summed E-state index contributed by atoms with van der Waals surface area (Å²) >= 11 is 0. The number of esters is 2. The van der Waals surface area contributed by atoms with Gasteiger partial charge in [-0.25, -0.2) is 0 Å². The summed E-state index contributed by atoms with van der Waals surface area (Å²) in [6.07, 6.45) is 1.71. The average molecular weight is 391 g/mol. The number of carbonyl (C=O) groups excluding carboxylic acids is 2. The fourth-order valence-corrected chi connectivity index (χ4v) is 3.31. The molecule has 1 aromatic rings. The molecule has 0 unspecified atom stereocenters. The van der Waals surface area contributed by atoms with Crippen molar-refractivity contribution in [2.75, 3.05) is 6.61 Å². The van der Waals surface area contributed by atoms with E-state index in [0.717, 1.165) is 12.0 Å². The maximum absolute atomic E-state index is 12.8. The Labute approximate surface area is 168 Å². The van der Waals surface area contributed by atoms with Crippen LogP contribution < -0.4 is 0 Å². The van der Waals surface area contributed by atoms with Gasteiger partial charge >= 0.3 is 11.9 Å². The van der Waals surface area contributed by atoms with Gasteiger partial charge in [0, 0.05) is 6.61 Å². The van der Waals surface area contributed by atoms with Crippen molar-refractivity contribution >= 4 is 11.9 Å². The number of carbonyl (C=O) groups is 2. The number of hydrogen-bond donors (Lipinski definition) is 0. The van der Waals surface area contributed by atoms with E-state index in [9.17, 15) is 9.59 Å². The lowest BCUT2D eigenvalue weighted by atomic mass is 9.60. The van der Waals surface area contributed by atoms with E-state index in [2.05, 4.69) is 0 Å². The molecular formula is C23H34O5. The van der Waals surface area contributed by atoms with E-state index in [0.29, 0.717) is 26.1 Å². The van der Waals surface area contributed by atoms with E-state index in [1.165, 1.54) is 0 Å². The quantitative estimate of drug-likeness (QED) is 0.384. The van der Waals surface area contributed by atoms with Crippen molar-refractivity contribution in [3.63, 3.8) is 0 Å². The zero-order chi connectivity index (χ0) is 21.0. The highest BCUT2D eigenvalue weighted by Gasteiger charge is 2.59. The third-order valence-electron chi connectivity index (χ3n) is 4.64. The second-order valence-corrected chi connectivity index (χ2v) is 9.69. The van der Waals surface area contributed by atoms with Crippen LogP contribution >= 0.6 is 0 Å². The van der Waals surface area contributed by atoms with Crippen molar-refractivity contribution in [2.24, 2.45) is 11.3 Å². The second kappa shape index (κ2) is 8.64. The van der Waals surface area contributed by atoms with Crippen LogP contribution in [0.2, 0.25) is 0 Å². The molecule has 0 heterocycles. The minimum Gasteiger partial charge on any atom is -0.459 e. The van der Waals surface area contributed by atoms with Gasteiger partial charge in [0.15, 0.2) is 5.41 Å². The molecule has 0 aliphatic heterocycles. The van der Waals surface area contributed by atoms with Gasteiger partial charge < -0.3 is 14.2 Å². The highest BCUT2D eigenvalue weighted by molar-refractivity contribution is 6.01. The van der Waals surface area contributed by atoms with Gasteiger partial charge in [-0.15, -0.1) is 0 Å². The molecule has 1 aromatic carbocycles. The molecule has 0 N–H and O–H groups in total. The molecule has 0 radical (unpaired) electrons. The molecule has 0 saturated heterocycles. The Morgan fingerprint density at radius 1 is 0.929 bits per heavy atom. The van der Waals surface area contributed by atoms with Crippen LogP contribution in [0, 0.1) is 11.3 Å². The number of ether oxygens (including phenoxy) is 3. The lowest BCUT2D eigenvalue weighted by Gasteiger charge is -2.45. The molecule has 2 rings (SSSR count). The summed E-state index contributed by atoms with van der Waals surface area (Å²) in [6.45, 7) is 12.0. The predicted octanol–water partition coefficient (Wildman–Crippen LogP) is 4.67. The van der Waals surface area contributed by atoms with Gasteiger partial charge in [-0.2, -0.15) is 0 Å². The first-order valence-electron chi connectivity index (χ1n) is 10.00. The largest absolute Gasteiger partial charge is 0.459 e. The summed E-state index contributed by atoms with van der Waals surface area (Å²) in [5, 5.41) is 0. The fraction of sp³-hybridized carbons (Fsp3) is 0.652. The van der Waals surface area contributed by atoms with Gasteiger partial charge in [0.25, 0.3) is 0 Å². The highest BCUT2D eigenvalue weighted by Crippen LogP contribution is 2.50. The smallest absolute Gasteiger partial charge is 0.324 e. The molecule has 0 atom stereocenters. The molecule has 0 spiro atoms. The van der Waals surface area contributed by atoms with Crippen LogP contribution in [0.1, 0.15) is 66.4 Å². The van der Waals surface area contributed by atoms with Crippen molar-refractivity contribution in [3.8, 4) is 0 Å². The summed E-state index contributed by atoms with van der Waals surface area (Å²) in [4.78, 5) is 25.6. The molecule has 28 heavy (non-hydrogen) atoms. The van der Waals surface area contributed by atoms with Crippen LogP contribution in [-0.2, 0) is 30.4 Å². The van der Waals surface area contributed by atoms with Gasteiger partial charge in [0.1, 0.15) is 11.2 Å². The maximum atomic E-state index is 12.8. The van der Waals surface area contributed by atoms with E-state index in [1.54, 1.807) is 41.5 Å². The molecule has 156 valence electrons. The minimum absolute atomic E-state index is 0.246. The van der Waals surface area contributed by atoms with Crippen molar-refractivity contribution in [1.29, 1.82) is 0 Å². The normalized spacial score (nSPS) is 16.9. The van der Waals surface area contributed by atoms with E-state index < -0.39 is 28.6 Å². The summed E-state index contributed by atoms with van der Waals surface area (Å²) < 4.78 is 16.8. The number of benzene rings is 1. The third kappa shape index (κ3) is 6.33. The van der Waals surface area contributed by atoms with Crippen molar-refractivity contribution in [1.82, 2.24) is 0 Å². The first-order chi connectivity index (χ1) is 12.9. The third-order valence-corrected chi connectivity index (χ3v) is 4.64. The van der Waals surface area contributed by atoms with Crippen molar-refractivity contribution in [3.05, 3.63) is 35.9 Å². The van der Waals surface area contributed by atoms with Crippen LogP contribution in [0.3, 0.4) is 0 Å². The van der Waals surface area contributed by atoms with Gasteiger partial charge in [0.2, 0.25) is 0 Å². The molecular weight excluding hydrogens is 356 g/mol. The summed E-state index contributed by atoms with van der Waals surface area (Å²) in [6, 6.07) is 10.0. The zero-order valence-electron chi connectivity index (χ0n) is 18.0. The van der Waals surface area contributed by atoms with E-state index in [-0.39, 0.29) is 5.92 Å². The van der Waals surface area contributed by atoms with Crippen LogP contribution in [0.5, 0.6) is 0 Å². The van der Waals surface area contributed by atoms with Gasteiger partial charge in [-0.05, 0) is 72.3 Å². The Bertz CT molecular complexity index is 630. The van der Waals surface area contributed by atoms with Crippen LogP contribution in [-0.4, -0.2) is 29.7 Å². The fourth-order valence-electron chi connectivity index (χ4n) is 3.31. The Morgan fingerprint density at radius 2 is 1.43 bits per heavy atom. The molecule has 0 aromatic heterocycles. The van der Waals surface area contributed by atoms with E-state index in [4.69, 9.17) is 14.2 Å². The average Bonchev–Trinajstić information content (AvgIpc) is 2.50. The molecule has 0 bridgehead atoms. The summed E-state index contributed by atoms with van der Waals surface area (Å²) in [7, 11) is 0. The lowest BCUT2D eigenvalue weighted by molar-refractivity contribution is -0.197. The van der Waals surface area contributed by atoms with Gasteiger partial charge in [-0.1, -0.05) is 30.3 Å². The zero-order valence-corrected chi connectivity index (χ0v) is 18.0. The lowest BCUT2D eigenvalue weighted by Crippen LogP contribution is -2.54. The first-order valence-corrected chi connectivity index (χ1v) is 10.00. The minimum atomic E-state index is -1.19. The monoisotopic (exact) mass is 390 g/mol. The Balaban J connectivity index is 1.90. The SMILES string of the molecule is CC(C)(C)OC(=O)C1(C(=O)OC(C)(C)C)CC(CCOCc2ccccc2)C1. The predicted molar refractivity (Wildman–Crippen MR) is 108 cm³/mol. The van der Waals surface area contributed by atoms with Crippen molar-refractivity contribution in [2.45, 2.75) is 78.6 Å². The molecule has 5 heteroatoms. The van der Waals surface area contributed by atoms with Crippen LogP contribution in [0.15, 0.2) is 30.3 Å². The Kier molecular flexibility index (Phi) is 6.92. The van der Waals surface area contributed by atoms with Gasteiger partial charge in [-0.3, -0.25) is 9.59 Å². The summed E-state index contributed by atoms with van der Waals surface area (Å²) in [5.41, 5.74) is -1.34. The molecule has 0 amide bonds. The van der Waals surface area contributed by atoms with Crippen LogP contribution in [0.4, 0.5) is 0 Å². The summed E-state index contributed by atoms with van der Waals surface area (Å²) in [5.74, 6) is -0.706. The molecule has 1 aliphatic rings. The molecule has 1 aliphatic carbocycles. The Hall–Kier alpha value is -1.88. The first kappa shape index (κ1) is 22.4. The molecule has 5 nitrogen and oxygen atoms in total. The second-order valence-electron chi connectivity index (χ2n) is 9.69.